The molecule has 1 aliphatic rings. The summed E-state index contributed by atoms with van der Waals surface area (Å²) in [6.07, 6.45) is 1.45. The summed E-state index contributed by atoms with van der Waals surface area (Å²) in [5, 5.41) is 13.7. The van der Waals surface area contributed by atoms with Crippen molar-refractivity contribution in [1.82, 2.24) is 0 Å². The topological polar surface area (TPSA) is 82.0 Å². The molecule has 3 rings (SSSR count). The third-order valence-electron chi connectivity index (χ3n) is 4.21. The summed E-state index contributed by atoms with van der Waals surface area (Å²) in [6, 6.07) is 12.0. The van der Waals surface area contributed by atoms with Crippen LogP contribution < -0.4 is 10.3 Å². The van der Waals surface area contributed by atoms with E-state index in [2.05, 4.69) is 10.5 Å². The second kappa shape index (κ2) is 7.58. The highest BCUT2D eigenvalue weighted by atomic mass is 35.5. The molecule has 0 unspecified atom stereocenters. The fraction of sp³-hybridized carbons (Fsp3) is 0.211. The molecule has 0 radical (unpaired) electrons. The summed E-state index contributed by atoms with van der Waals surface area (Å²) in [5.74, 6) is -0.902. The minimum Gasteiger partial charge on any atom is -0.478 e. The van der Waals surface area contributed by atoms with Crippen LogP contribution in [-0.2, 0) is 4.79 Å². The molecule has 0 aromatic heterocycles. The van der Waals surface area contributed by atoms with Gasteiger partial charge in [-0.05, 0) is 49.2 Å². The van der Waals surface area contributed by atoms with Gasteiger partial charge in [-0.15, -0.1) is 0 Å². The lowest BCUT2D eigenvalue weighted by molar-refractivity contribution is -0.117. The van der Waals surface area contributed by atoms with E-state index >= 15 is 0 Å². The number of anilines is 2. The Morgan fingerprint density at radius 3 is 2.73 bits per heavy atom. The number of rotatable bonds is 5. The number of aromatic carboxylic acids is 1. The molecule has 1 fully saturated rings. The van der Waals surface area contributed by atoms with Crippen LogP contribution in [0.25, 0.3) is 0 Å². The van der Waals surface area contributed by atoms with Gasteiger partial charge >= 0.3 is 5.97 Å². The summed E-state index contributed by atoms with van der Waals surface area (Å²) in [4.78, 5) is 24.8. The Labute approximate surface area is 156 Å². The molecule has 2 aromatic rings. The molecule has 1 heterocycles. The first-order chi connectivity index (χ1) is 12.5. The number of halogens is 1. The number of hydrogen-bond donors (Lipinski definition) is 2. The summed E-state index contributed by atoms with van der Waals surface area (Å²) >= 11 is 6.09. The van der Waals surface area contributed by atoms with Gasteiger partial charge in [0.05, 0.1) is 22.0 Å². The van der Waals surface area contributed by atoms with Crippen molar-refractivity contribution < 1.29 is 14.7 Å². The summed E-state index contributed by atoms with van der Waals surface area (Å²) in [7, 11) is 0. The van der Waals surface area contributed by atoms with Gasteiger partial charge in [-0.1, -0.05) is 23.7 Å². The van der Waals surface area contributed by atoms with Crippen LogP contribution >= 0.6 is 11.6 Å². The molecule has 1 amide bonds. The van der Waals surface area contributed by atoms with Crippen molar-refractivity contribution in [2.24, 2.45) is 5.10 Å². The minimum absolute atomic E-state index is 0.124. The fourth-order valence-electron chi connectivity index (χ4n) is 2.77. The van der Waals surface area contributed by atoms with Crippen LogP contribution in [0.15, 0.2) is 47.6 Å². The lowest BCUT2D eigenvalue weighted by atomic mass is 10.1. The van der Waals surface area contributed by atoms with Crippen molar-refractivity contribution in [2.45, 2.75) is 19.8 Å². The molecule has 6 nitrogen and oxygen atoms in total. The zero-order valence-corrected chi connectivity index (χ0v) is 15.0. The molecular weight excluding hydrogens is 354 g/mol. The van der Waals surface area contributed by atoms with Gasteiger partial charge in [0.2, 0.25) is 5.91 Å². The molecule has 2 N–H and O–H groups in total. The number of carbonyl (C=O) groups is 2. The van der Waals surface area contributed by atoms with E-state index < -0.39 is 5.97 Å². The van der Waals surface area contributed by atoms with E-state index in [9.17, 15) is 9.59 Å². The van der Waals surface area contributed by atoms with Crippen LogP contribution in [0, 0.1) is 0 Å². The van der Waals surface area contributed by atoms with Gasteiger partial charge in [0.15, 0.2) is 0 Å². The van der Waals surface area contributed by atoms with E-state index in [1.165, 1.54) is 18.2 Å². The van der Waals surface area contributed by atoms with Gasteiger partial charge < -0.3 is 10.0 Å². The Morgan fingerprint density at radius 2 is 2.04 bits per heavy atom. The zero-order valence-electron chi connectivity index (χ0n) is 14.2. The molecule has 2 aromatic carbocycles. The lowest BCUT2D eigenvalue weighted by Gasteiger charge is -2.16. The molecule has 0 spiro atoms. The molecule has 0 bridgehead atoms. The van der Waals surface area contributed by atoms with Gasteiger partial charge in [-0.25, -0.2) is 4.79 Å². The van der Waals surface area contributed by atoms with Crippen LogP contribution in [0.3, 0.4) is 0 Å². The molecule has 0 aliphatic carbocycles. The van der Waals surface area contributed by atoms with Gasteiger partial charge in [-0.3, -0.25) is 10.2 Å². The molecule has 26 heavy (non-hydrogen) atoms. The quantitative estimate of drug-likeness (QED) is 0.614. The second-order valence-electron chi connectivity index (χ2n) is 6.01. The number of benzene rings is 2. The van der Waals surface area contributed by atoms with Gasteiger partial charge in [0.25, 0.3) is 0 Å². The van der Waals surface area contributed by atoms with E-state index in [0.29, 0.717) is 22.8 Å². The standard InChI is InChI=1S/C19H18ClN3O3/c1-12(21-22-17-11-14(19(25)26)7-8-16(17)20)13-4-2-5-15(10-13)23-9-3-6-18(23)24/h2,4-5,7-8,10-11,22H,3,6,9H2,1H3,(H,25,26)/b21-12-. The maximum Gasteiger partial charge on any atom is 0.335 e. The number of carbonyl (C=O) groups excluding carboxylic acids is 1. The van der Waals surface area contributed by atoms with Gasteiger partial charge in [-0.2, -0.15) is 5.10 Å². The first-order valence-electron chi connectivity index (χ1n) is 8.19. The van der Waals surface area contributed by atoms with Crippen LogP contribution in [0.5, 0.6) is 0 Å². The Bertz CT molecular complexity index is 895. The first kappa shape index (κ1) is 17.9. The third-order valence-corrected chi connectivity index (χ3v) is 4.54. The molecule has 1 aliphatic heterocycles. The summed E-state index contributed by atoms with van der Waals surface area (Å²) < 4.78 is 0. The molecule has 134 valence electrons. The van der Waals surface area contributed by atoms with Crippen molar-refractivity contribution in [3.05, 3.63) is 58.6 Å². The molecule has 1 saturated heterocycles. The summed E-state index contributed by atoms with van der Waals surface area (Å²) in [5.41, 5.74) is 5.76. The number of nitrogens with zero attached hydrogens (tertiary/aromatic N) is 2. The van der Waals surface area contributed by atoms with Crippen LogP contribution in [0.4, 0.5) is 11.4 Å². The van der Waals surface area contributed by atoms with Crippen molar-refractivity contribution >= 4 is 40.6 Å². The van der Waals surface area contributed by atoms with E-state index in [1.54, 1.807) is 4.90 Å². The first-order valence-corrected chi connectivity index (χ1v) is 8.57. The zero-order chi connectivity index (χ0) is 18.7. The number of hydrazone groups is 1. The second-order valence-corrected chi connectivity index (χ2v) is 6.42. The Morgan fingerprint density at radius 1 is 1.23 bits per heavy atom. The Balaban J connectivity index is 1.81. The SMILES string of the molecule is C/C(=N/Nc1cc(C(=O)O)ccc1Cl)c1cccc(N2CCCC2=O)c1. The lowest BCUT2D eigenvalue weighted by Crippen LogP contribution is -2.23. The molecular formula is C19H18ClN3O3. The highest BCUT2D eigenvalue weighted by Crippen LogP contribution is 2.24. The number of hydrogen-bond acceptors (Lipinski definition) is 4. The molecule has 7 heteroatoms. The fourth-order valence-corrected chi connectivity index (χ4v) is 2.93. The number of nitrogens with one attached hydrogen (secondary N) is 1. The highest BCUT2D eigenvalue weighted by molar-refractivity contribution is 6.33. The van der Waals surface area contributed by atoms with Crippen LogP contribution in [0.1, 0.15) is 35.7 Å². The predicted molar refractivity (Wildman–Crippen MR) is 102 cm³/mol. The molecule has 0 saturated carbocycles. The minimum atomic E-state index is -1.03. The predicted octanol–water partition coefficient (Wildman–Crippen LogP) is 4.00. The smallest absolute Gasteiger partial charge is 0.335 e. The average molecular weight is 372 g/mol. The van der Waals surface area contributed by atoms with Crippen molar-refractivity contribution in [3.63, 3.8) is 0 Å². The Hall–Kier alpha value is -2.86. The summed E-state index contributed by atoms with van der Waals surface area (Å²) in [6.45, 7) is 2.56. The van der Waals surface area contributed by atoms with Crippen molar-refractivity contribution in [1.29, 1.82) is 0 Å². The number of carboxylic acids is 1. The number of amides is 1. The average Bonchev–Trinajstić information content (AvgIpc) is 3.06. The largest absolute Gasteiger partial charge is 0.478 e. The van der Waals surface area contributed by atoms with Crippen molar-refractivity contribution in [3.8, 4) is 0 Å². The normalized spacial score (nSPS) is 14.6. The maximum atomic E-state index is 11.9. The van der Waals surface area contributed by atoms with E-state index in [4.69, 9.17) is 16.7 Å². The third kappa shape index (κ3) is 3.86. The molecule has 0 atom stereocenters. The van der Waals surface area contributed by atoms with Crippen LogP contribution in [-0.4, -0.2) is 29.2 Å². The number of carboxylic acid groups (broad SMARTS) is 1. The maximum absolute atomic E-state index is 11.9. The van der Waals surface area contributed by atoms with E-state index in [1.807, 2.05) is 31.2 Å². The van der Waals surface area contributed by atoms with E-state index in [-0.39, 0.29) is 11.5 Å². The monoisotopic (exact) mass is 371 g/mol. The Kier molecular flexibility index (Phi) is 5.23. The van der Waals surface area contributed by atoms with Gasteiger partial charge in [0, 0.05) is 18.7 Å². The van der Waals surface area contributed by atoms with Crippen LogP contribution in [0.2, 0.25) is 5.02 Å². The van der Waals surface area contributed by atoms with Crippen molar-refractivity contribution in [2.75, 3.05) is 16.9 Å². The van der Waals surface area contributed by atoms with E-state index in [0.717, 1.165) is 24.2 Å². The highest BCUT2D eigenvalue weighted by Gasteiger charge is 2.21. The van der Waals surface area contributed by atoms with Gasteiger partial charge in [0.1, 0.15) is 0 Å².